The Balaban J connectivity index is 1.73. The predicted octanol–water partition coefficient (Wildman–Crippen LogP) is 5.95. The maximum absolute atomic E-state index is 12.3. The summed E-state index contributed by atoms with van der Waals surface area (Å²) in [4.78, 5) is 30.1. The van der Waals surface area contributed by atoms with E-state index in [0.29, 0.717) is 27.8 Å². The first-order chi connectivity index (χ1) is 14.0. The first kappa shape index (κ1) is 21.9. The minimum absolute atomic E-state index is 0.103. The number of rotatable bonds is 5. The number of ether oxygens (including phenoxy) is 2. The van der Waals surface area contributed by atoms with Gasteiger partial charge in [0.2, 0.25) is 0 Å². The van der Waals surface area contributed by atoms with Gasteiger partial charge in [0.1, 0.15) is 17.7 Å². The molecule has 0 aliphatic heterocycles. The summed E-state index contributed by atoms with van der Waals surface area (Å²) in [6.07, 6.45) is -1.16. The van der Waals surface area contributed by atoms with Crippen molar-refractivity contribution in [3.63, 3.8) is 0 Å². The van der Waals surface area contributed by atoms with E-state index in [9.17, 15) is 14.9 Å². The number of imidazole rings is 1. The fourth-order valence-corrected chi connectivity index (χ4v) is 3.05. The van der Waals surface area contributed by atoms with Crippen molar-refractivity contribution < 1.29 is 19.2 Å². The molecule has 3 rings (SSSR count). The molecule has 0 spiro atoms. The number of benzene rings is 2. The molecule has 0 bridgehead atoms. The van der Waals surface area contributed by atoms with E-state index in [1.807, 2.05) is 20.8 Å². The van der Waals surface area contributed by atoms with E-state index >= 15 is 0 Å². The van der Waals surface area contributed by atoms with Crippen LogP contribution in [0.25, 0.3) is 11.0 Å². The number of aromatic amines is 1. The van der Waals surface area contributed by atoms with Gasteiger partial charge in [-0.25, -0.2) is 9.78 Å². The molecule has 0 saturated carbocycles. The number of carbonyl (C=O) groups is 1. The molecule has 0 radical (unpaired) electrons. The molecule has 1 N–H and O–H groups in total. The number of hydrogen-bond donors (Lipinski definition) is 1. The van der Waals surface area contributed by atoms with Gasteiger partial charge in [0.25, 0.3) is 5.69 Å². The molecular formula is C20H19Cl2N3O5. The van der Waals surface area contributed by atoms with Crippen molar-refractivity contribution in [1.29, 1.82) is 0 Å². The van der Waals surface area contributed by atoms with Gasteiger partial charge < -0.3 is 14.5 Å². The van der Waals surface area contributed by atoms with Gasteiger partial charge in [-0.2, -0.15) is 0 Å². The van der Waals surface area contributed by atoms with E-state index in [0.717, 1.165) is 5.52 Å². The number of halogens is 2. The highest BCUT2D eigenvalue weighted by Crippen LogP contribution is 2.29. The fraction of sp³-hybridized carbons (Fsp3) is 0.300. The number of carbonyl (C=O) groups excluding carboxylic acids is 1. The molecule has 30 heavy (non-hydrogen) atoms. The lowest BCUT2D eigenvalue weighted by Gasteiger charge is -2.29. The number of nitro groups is 1. The van der Waals surface area contributed by atoms with Gasteiger partial charge >= 0.3 is 6.16 Å². The molecule has 158 valence electrons. The molecule has 0 fully saturated rings. The zero-order valence-corrected chi connectivity index (χ0v) is 18.0. The van der Waals surface area contributed by atoms with Crippen molar-refractivity contribution in [3.8, 4) is 5.75 Å². The van der Waals surface area contributed by atoms with E-state index in [1.165, 1.54) is 24.3 Å². The summed E-state index contributed by atoms with van der Waals surface area (Å²) in [6.45, 7) is 5.77. The summed E-state index contributed by atoms with van der Waals surface area (Å²) in [6, 6.07) is 8.50. The van der Waals surface area contributed by atoms with Crippen LogP contribution in [0.4, 0.5) is 10.5 Å². The lowest BCUT2D eigenvalue weighted by molar-refractivity contribution is -0.384. The Morgan fingerprint density at radius 2 is 1.83 bits per heavy atom. The van der Waals surface area contributed by atoms with Crippen LogP contribution in [0.15, 0.2) is 36.4 Å². The highest BCUT2D eigenvalue weighted by molar-refractivity contribution is 6.42. The number of nitrogens with zero attached hydrogens (tertiary/aromatic N) is 2. The third-order valence-corrected chi connectivity index (χ3v) is 5.13. The Morgan fingerprint density at radius 3 is 2.43 bits per heavy atom. The highest BCUT2D eigenvalue weighted by Gasteiger charge is 2.30. The van der Waals surface area contributed by atoms with Crippen LogP contribution in [-0.4, -0.2) is 27.2 Å². The zero-order chi connectivity index (χ0) is 22.1. The minimum atomic E-state index is -0.911. The lowest BCUT2D eigenvalue weighted by Crippen LogP contribution is -2.35. The van der Waals surface area contributed by atoms with Gasteiger partial charge in [-0.1, -0.05) is 44.0 Å². The molecular weight excluding hydrogens is 433 g/mol. The molecule has 0 saturated heterocycles. The molecule has 1 atom stereocenters. The number of hydrogen-bond acceptors (Lipinski definition) is 6. The van der Waals surface area contributed by atoms with Gasteiger partial charge in [0.05, 0.1) is 26.0 Å². The third kappa shape index (κ3) is 5.20. The van der Waals surface area contributed by atoms with Crippen molar-refractivity contribution in [2.24, 2.45) is 5.41 Å². The molecule has 2 aromatic carbocycles. The van der Waals surface area contributed by atoms with Gasteiger partial charge in [-0.3, -0.25) is 10.1 Å². The number of fused-ring (bicyclic) bond motifs is 1. The maximum atomic E-state index is 12.3. The summed E-state index contributed by atoms with van der Waals surface area (Å²) < 4.78 is 10.7. The molecule has 0 unspecified atom stereocenters. The number of H-pyrrole nitrogens is 1. The van der Waals surface area contributed by atoms with Crippen molar-refractivity contribution >= 4 is 46.1 Å². The topological polar surface area (TPSA) is 107 Å². The summed E-state index contributed by atoms with van der Waals surface area (Å²) in [7, 11) is 0. The van der Waals surface area contributed by atoms with Gasteiger partial charge in [0, 0.05) is 18.6 Å². The first-order valence-electron chi connectivity index (χ1n) is 8.99. The number of non-ortho nitro benzene ring substituents is 1. The van der Waals surface area contributed by atoms with E-state index in [4.69, 9.17) is 32.7 Å². The SMILES string of the molecule is CC(C)(C)[C@H](Cc1nc2cc(Cl)c(Cl)cc2[nH]1)OC(=O)Oc1ccc([N+](=O)[O-])cc1. The second-order valence-electron chi connectivity index (χ2n) is 7.75. The van der Waals surface area contributed by atoms with Crippen LogP contribution >= 0.6 is 23.2 Å². The van der Waals surface area contributed by atoms with Crippen molar-refractivity contribution in [2.45, 2.75) is 33.3 Å². The van der Waals surface area contributed by atoms with Gasteiger partial charge in [-0.15, -0.1) is 0 Å². The Bertz CT molecular complexity index is 1050. The number of nitro benzene ring substituents is 1. The molecule has 1 heterocycles. The van der Waals surface area contributed by atoms with Gasteiger partial charge in [0.15, 0.2) is 0 Å². The second kappa shape index (κ2) is 8.49. The van der Waals surface area contributed by atoms with Crippen molar-refractivity contribution in [3.05, 3.63) is 62.4 Å². The second-order valence-corrected chi connectivity index (χ2v) is 8.56. The molecule has 1 aromatic heterocycles. The molecule has 0 aliphatic carbocycles. The first-order valence-corrected chi connectivity index (χ1v) is 9.75. The van der Waals surface area contributed by atoms with Crippen molar-refractivity contribution in [2.75, 3.05) is 0 Å². The van der Waals surface area contributed by atoms with Crippen LogP contribution in [0.1, 0.15) is 26.6 Å². The molecule has 0 aliphatic rings. The Hall–Kier alpha value is -2.84. The molecule has 0 amide bonds. The Kier molecular flexibility index (Phi) is 6.19. The predicted molar refractivity (Wildman–Crippen MR) is 113 cm³/mol. The molecule has 10 heteroatoms. The van der Waals surface area contributed by atoms with Crippen LogP contribution in [-0.2, 0) is 11.2 Å². The summed E-state index contributed by atoms with van der Waals surface area (Å²) in [5.41, 5.74) is 0.859. The van der Waals surface area contributed by atoms with E-state index in [1.54, 1.807) is 12.1 Å². The highest BCUT2D eigenvalue weighted by atomic mass is 35.5. The maximum Gasteiger partial charge on any atom is 0.514 e. The normalized spacial score (nSPS) is 12.6. The fourth-order valence-electron chi connectivity index (χ4n) is 2.73. The van der Waals surface area contributed by atoms with Crippen LogP contribution in [0.2, 0.25) is 10.0 Å². The number of aromatic nitrogens is 2. The zero-order valence-electron chi connectivity index (χ0n) is 16.4. The van der Waals surface area contributed by atoms with Gasteiger partial charge in [-0.05, 0) is 29.7 Å². The van der Waals surface area contributed by atoms with E-state index < -0.39 is 22.6 Å². The van der Waals surface area contributed by atoms with Crippen LogP contribution in [0.3, 0.4) is 0 Å². The quantitative estimate of drug-likeness (QED) is 0.222. The molecule has 8 nitrogen and oxygen atoms in total. The van der Waals surface area contributed by atoms with Crippen LogP contribution < -0.4 is 4.74 Å². The third-order valence-electron chi connectivity index (χ3n) is 4.40. The summed E-state index contributed by atoms with van der Waals surface area (Å²) in [5.74, 6) is 0.748. The largest absolute Gasteiger partial charge is 0.514 e. The lowest BCUT2D eigenvalue weighted by atomic mass is 9.87. The van der Waals surface area contributed by atoms with Crippen molar-refractivity contribution in [1.82, 2.24) is 9.97 Å². The monoisotopic (exact) mass is 451 g/mol. The Labute approximate surface area is 182 Å². The van der Waals surface area contributed by atoms with E-state index in [2.05, 4.69) is 9.97 Å². The average Bonchev–Trinajstić information content (AvgIpc) is 3.02. The van der Waals surface area contributed by atoms with E-state index in [-0.39, 0.29) is 11.4 Å². The number of nitrogens with one attached hydrogen (secondary N) is 1. The minimum Gasteiger partial charge on any atom is -0.430 e. The summed E-state index contributed by atoms with van der Waals surface area (Å²) in [5, 5.41) is 11.5. The Morgan fingerprint density at radius 1 is 1.20 bits per heavy atom. The smallest absolute Gasteiger partial charge is 0.430 e. The summed E-state index contributed by atoms with van der Waals surface area (Å²) >= 11 is 12.1. The molecule has 3 aromatic rings. The average molecular weight is 452 g/mol. The standard InChI is InChI=1S/C20H19Cl2N3O5/c1-20(2,3)17(10-18-23-15-8-13(21)14(22)9-16(15)24-18)30-19(26)29-12-6-4-11(5-7-12)25(27)28/h4-9,17H,10H2,1-3H3,(H,23,24)/t17-/m0/s1. The van der Waals surface area contributed by atoms with Crippen LogP contribution in [0.5, 0.6) is 5.75 Å². The van der Waals surface area contributed by atoms with Crippen LogP contribution in [0, 0.1) is 15.5 Å².